The van der Waals surface area contributed by atoms with E-state index in [9.17, 15) is 18.0 Å². The van der Waals surface area contributed by atoms with Crippen molar-refractivity contribution in [3.8, 4) is 17.2 Å². The minimum absolute atomic E-state index is 0.0852. The summed E-state index contributed by atoms with van der Waals surface area (Å²) in [5.74, 6) is 0.346. The molecule has 0 saturated carbocycles. The highest BCUT2D eigenvalue weighted by molar-refractivity contribution is 7.92. The number of sulfonamides is 1. The van der Waals surface area contributed by atoms with Gasteiger partial charge in [-0.05, 0) is 68.7 Å². The summed E-state index contributed by atoms with van der Waals surface area (Å²) in [5.41, 5.74) is 1.25. The molecule has 0 bridgehead atoms. The zero-order chi connectivity index (χ0) is 32.1. The van der Waals surface area contributed by atoms with E-state index in [1.54, 1.807) is 31.2 Å². The van der Waals surface area contributed by atoms with Crippen molar-refractivity contribution in [2.75, 3.05) is 44.8 Å². The van der Waals surface area contributed by atoms with Crippen LogP contribution in [0.4, 0.5) is 5.69 Å². The minimum atomic E-state index is -4.29. The Balaban J connectivity index is 2.01. The SMILES string of the molecule is CCCCNC(=O)[C@@H](C)N(CCc1ccccc1)C(=O)CN(c1ccc(OCC)cc1)S(=O)(=O)c1ccc(OC)c(OC)c1. The maximum Gasteiger partial charge on any atom is 0.264 e. The average molecular weight is 626 g/mol. The van der Waals surface area contributed by atoms with E-state index in [1.165, 1.54) is 37.3 Å². The maximum atomic E-state index is 14.2. The molecule has 0 heterocycles. The number of carbonyl (C=O) groups excluding carboxylic acids is 2. The van der Waals surface area contributed by atoms with Crippen LogP contribution in [0.15, 0.2) is 77.7 Å². The van der Waals surface area contributed by atoms with Crippen molar-refractivity contribution in [1.82, 2.24) is 10.2 Å². The van der Waals surface area contributed by atoms with E-state index >= 15 is 0 Å². The van der Waals surface area contributed by atoms with E-state index in [0.717, 1.165) is 22.7 Å². The molecule has 0 saturated heterocycles. The van der Waals surface area contributed by atoms with Crippen molar-refractivity contribution in [2.24, 2.45) is 0 Å². The lowest BCUT2D eigenvalue weighted by Gasteiger charge is -2.32. The van der Waals surface area contributed by atoms with Crippen LogP contribution in [-0.4, -0.2) is 71.6 Å². The standard InChI is InChI=1S/C33H43N3O7S/c1-6-8-21-34-33(38)25(3)35(22-20-26-12-10-9-11-13-26)32(37)24-36(27-14-16-28(17-15-27)43-7-2)44(39,40)29-18-19-30(41-4)31(23-29)42-5/h9-19,23,25H,6-8,20-22,24H2,1-5H3,(H,34,38)/t25-/m1/s1. The number of carbonyl (C=O) groups is 2. The molecule has 0 aliphatic heterocycles. The van der Waals surface area contributed by atoms with Gasteiger partial charge in [0.2, 0.25) is 11.8 Å². The van der Waals surface area contributed by atoms with E-state index in [1.807, 2.05) is 44.2 Å². The first-order valence-corrected chi connectivity index (χ1v) is 16.2. The number of anilines is 1. The smallest absolute Gasteiger partial charge is 0.264 e. The molecule has 3 aromatic carbocycles. The fourth-order valence-corrected chi connectivity index (χ4v) is 6.04. The fraction of sp³-hybridized carbons (Fsp3) is 0.394. The summed E-state index contributed by atoms with van der Waals surface area (Å²) in [6.45, 7) is 6.16. The number of ether oxygens (including phenoxy) is 3. The van der Waals surface area contributed by atoms with Gasteiger partial charge in [0.15, 0.2) is 11.5 Å². The Bertz CT molecular complexity index is 1460. The molecule has 0 fully saturated rings. The number of hydrogen-bond donors (Lipinski definition) is 1. The molecular formula is C33H43N3O7S. The second-order valence-electron chi connectivity index (χ2n) is 10.1. The summed E-state index contributed by atoms with van der Waals surface area (Å²) in [6.07, 6.45) is 2.21. The molecule has 0 aliphatic carbocycles. The Hall–Kier alpha value is -4.25. The summed E-state index contributed by atoms with van der Waals surface area (Å²) in [7, 11) is -1.41. The predicted molar refractivity (Wildman–Crippen MR) is 171 cm³/mol. The Morgan fingerprint density at radius 2 is 1.59 bits per heavy atom. The van der Waals surface area contributed by atoms with Crippen molar-refractivity contribution in [3.63, 3.8) is 0 Å². The summed E-state index contributed by atoms with van der Waals surface area (Å²) < 4.78 is 45.6. The van der Waals surface area contributed by atoms with Gasteiger partial charge in [0.25, 0.3) is 10.0 Å². The van der Waals surface area contributed by atoms with E-state index in [0.29, 0.717) is 31.1 Å². The van der Waals surface area contributed by atoms with Crippen LogP contribution in [0.2, 0.25) is 0 Å². The van der Waals surface area contributed by atoms with Gasteiger partial charge in [-0.3, -0.25) is 13.9 Å². The second kappa shape index (κ2) is 16.6. The predicted octanol–water partition coefficient (Wildman–Crippen LogP) is 4.67. The molecule has 44 heavy (non-hydrogen) atoms. The molecule has 2 amide bonds. The normalized spacial score (nSPS) is 11.8. The quantitative estimate of drug-likeness (QED) is 0.217. The highest BCUT2D eigenvalue weighted by Crippen LogP contribution is 2.33. The molecule has 0 unspecified atom stereocenters. The van der Waals surface area contributed by atoms with Crippen LogP contribution in [0.25, 0.3) is 0 Å². The lowest BCUT2D eigenvalue weighted by Crippen LogP contribution is -2.52. The van der Waals surface area contributed by atoms with Crippen LogP contribution in [0, 0.1) is 0 Å². The summed E-state index contributed by atoms with van der Waals surface area (Å²) in [4.78, 5) is 28.5. The number of unbranched alkanes of at least 4 members (excludes halogenated alkanes) is 1. The minimum Gasteiger partial charge on any atom is -0.494 e. The van der Waals surface area contributed by atoms with E-state index in [-0.39, 0.29) is 28.8 Å². The van der Waals surface area contributed by atoms with Gasteiger partial charge in [-0.1, -0.05) is 43.7 Å². The Kier molecular flexibility index (Phi) is 12.9. The molecule has 0 aliphatic rings. The summed E-state index contributed by atoms with van der Waals surface area (Å²) in [5, 5.41) is 2.90. The van der Waals surface area contributed by atoms with Gasteiger partial charge >= 0.3 is 0 Å². The van der Waals surface area contributed by atoms with E-state index in [4.69, 9.17) is 14.2 Å². The average Bonchev–Trinajstić information content (AvgIpc) is 3.04. The number of methoxy groups -OCH3 is 2. The molecule has 0 spiro atoms. The third-order valence-electron chi connectivity index (χ3n) is 7.14. The molecule has 238 valence electrons. The van der Waals surface area contributed by atoms with Gasteiger partial charge in [0.05, 0.1) is 31.4 Å². The van der Waals surface area contributed by atoms with Gasteiger partial charge in [-0.25, -0.2) is 8.42 Å². The van der Waals surface area contributed by atoms with Gasteiger partial charge in [-0.2, -0.15) is 0 Å². The zero-order valence-electron chi connectivity index (χ0n) is 26.1. The first-order chi connectivity index (χ1) is 21.2. The van der Waals surface area contributed by atoms with E-state index < -0.39 is 28.5 Å². The molecule has 3 aromatic rings. The highest BCUT2D eigenvalue weighted by Gasteiger charge is 2.33. The molecule has 1 N–H and O–H groups in total. The van der Waals surface area contributed by atoms with Crippen molar-refractivity contribution in [3.05, 3.63) is 78.4 Å². The lowest BCUT2D eigenvalue weighted by molar-refractivity contribution is -0.138. The Morgan fingerprint density at radius 3 is 2.20 bits per heavy atom. The first kappa shape index (κ1) is 34.2. The Labute approximate surface area is 261 Å². The maximum absolute atomic E-state index is 14.2. The molecule has 11 heteroatoms. The first-order valence-electron chi connectivity index (χ1n) is 14.7. The molecule has 0 aromatic heterocycles. The molecule has 0 radical (unpaired) electrons. The topological polar surface area (TPSA) is 114 Å². The van der Waals surface area contributed by atoms with Crippen LogP contribution in [-0.2, 0) is 26.0 Å². The molecule has 1 atom stereocenters. The van der Waals surface area contributed by atoms with Crippen LogP contribution in [0.5, 0.6) is 17.2 Å². The third-order valence-corrected chi connectivity index (χ3v) is 8.91. The van der Waals surface area contributed by atoms with Gasteiger partial charge in [0.1, 0.15) is 18.3 Å². The van der Waals surface area contributed by atoms with Gasteiger partial charge in [0, 0.05) is 19.2 Å². The zero-order valence-corrected chi connectivity index (χ0v) is 26.9. The Morgan fingerprint density at radius 1 is 0.909 bits per heavy atom. The monoisotopic (exact) mass is 625 g/mol. The number of benzene rings is 3. The summed E-state index contributed by atoms with van der Waals surface area (Å²) in [6, 6.07) is 19.5. The van der Waals surface area contributed by atoms with Gasteiger partial charge < -0.3 is 24.4 Å². The van der Waals surface area contributed by atoms with Crippen LogP contribution >= 0.6 is 0 Å². The summed E-state index contributed by atoms with van der Waals surface area (Å²) >= 11 is 0. The lowest BCUT2D eigenvalue weighted by atomic mass is 10.1. The molecular weight excluding hydrogens is 582 g/mol. The fourth-order valence-electron chi connectivity index (χ4n) is 4.61. The van der Waals surface area contributed by atoms with Crippen molar-refractivity contribution < 1.29 is 32.2 Å². The number of nitrogens with zero attached hydrogens (tertiary/aromatic N) is 2. The largest absolute Gasteiger partial charge is 0.494 e. The third kappa shape index (κ3) is 8.89. The van der Waals surface area contributed by atoms with Gasteiger partial charge in [-0.15, -0.1) is 0 Å². The van der Waals surface area contributed by atoms with Crippen molar-refractivity contribution >= 4 is 27.5 Å². The number of hydrogen-bond acceptors (Lipinski definition) is 7. The number of nitrogens with one attached hydrogen (secondary N) is 1. The van der Waals surface area contributed by atoms with E-state index in [2.05, 4.69) is 5.32 Å². The number of amides is 2. The van der Waals surface area contributed by atoms with Crippen molar-refractivity contribution in [1.29, 1.82) is 0 Å². The van der Waals surface area contributed by atoms with Crippen molar-refractivity contribution in [2.45, 2.75) is 51.0 Å². The number of rotatable bonds is 17. The molecule has 3 rings (SSSR count). The highest BCUT2D eigenvalue weighted by atomic mass is 32.2. The second-order valence-corrected chi connectivity index (χ2v) is 12.0. The van der Waals surface area contributed by atoms with Crippen LogP contribution in [0.1, 0.15) is 39.2 Å². The van der Waals surface area contributed by atoms with Crippen LogP contribution < -0.4 is 23.8 Å². The van der Waals surface area contributed by atoms with Crippen LogP contribution in [0.3, 0.4) is 0 Å². The molecule has 10 nitrogen and oxygen atoms in total.